The Morgan fingerprint density at radius 2 is 1.67 bits per heavy atom. The minimum atomic E-state index is 0.656. The molecule has 3 heteroatoms. The number of benzene rings is 1. The Bertz CT molecular complexity index is 365. The molecule has 2 nitrogen and oxygen atoms in total. The van der Waals surface area contributed by atoms with Crippen LogP contribution in [0.4, 0.5) is 5.69 Å². The quantitative estimate of drug-likeness (QED) is 0.789. The van der Waals surface area contributed by atoms with Crippen molar-refractivity contribution >= 4 is 17.3 Å². The van der Waals surface area contributed by atoms with Gasteiger partial charge in [0, 0.05) is 30.3 Å². The number of nitrogen functional groups attached to an aromatic ring is 1. The number of hydrogen-bond acceptors (Lipinski definition) is 2. The van der Waals surface area contributed by atoms with Crippen LogP contribution in [0.3, 0.4) is 0 Å². The molecule has 0 aromatic heterocycles. The van der Waals surface area contributed by atoms with Gasteiger partial charge in [-0.05, 0) is 35.6 Å². The summed E-state index contributed by atoms with van der Waals surface area (Å²) in [6, 6.07) is 5.71. The molecule has 0 aliphatic carbocycles. The summed E-state index contributed by atoms with van der Waals surface area (Å²) in [5.74, 6) is 1.31. The van der Waals surface area contributed by atoms with E-state index in [9.17, 15) is 0 Å². The fourth-order valence-corrected chi connectivity index (χ4v) is 2.37. The largest absolute Gasteiger partial charge is 0.399 e. The Hall–Kier alpha value is -0.730. The maximum atomic E-state index is 6.23. The van der Waals surface area contributed by atoms with Gasteiger partial charge in [-0.3, -0.25) is 4.90 Å². The normalized spacial score (nSPS) is 11.8. The lowest BCUT2D eigenvalue weighted by molar-refractivity contribution is 0.211. The second kappa shape index (κ2) is 7.01. The van der Waals surface area contributed by atoms with E-state index in [0.717, 1.165) is 35.9 Å². The molecule has 102 valence electrons. The van der Waals surface area contributed by atoms with Crippen LogP contribution in [0, 0.1) is 11.8 Å². The Morgan fingerprint density at radius 3 is 2.17 bits per heavy atom. The van der Waals surface area contributed by atoms with Gasteiger partial charge in [-0.25, -0.2) is 0 Å². The first-order valence-electron chi connectivity index (χ1n) is 6.64. The maximum absolute atomic E-state index is 6.23. The van der Waals surface area contributed by atoms with Crippen LogP contribution < -0.4 is 5.73 Å². The highest BCUT2D eigenvalue weighted by Crippen LogP contribution is 2.21. The molecule has 0 aliphatic rings. The molecule has 0 amide bonds. The SMILES string of the molecule is CC(C)CN(Cc1cc(N)ccc1Cl)CC(C)C. The smallest absolute Gasteiger partial charge is 0.0452 e. The first-order valence-corrected chi connectivity index (χ1v) is 7.02. The molecule has 1 aromatic carbocycles. The highest BCUT2D eigenvalue weighted by molar-refractivity contribution is 6.31. The molecule has 1 aromatic rings. The van der Waals surface area contributed by atoms with E-state index in [1.54, 1.807) is 0 Å². The van der Waals surface area contributed by atoms with Crippen molar-refractivity contribution in [2.45, 2.75) is 34.2 Å². The molecule has 18 heavy (non-hydrogen) atoms. The molecule has 0 spiro atoms. The maximum Gasteiger partial charge on any atom is 0.0452 e. The van der Waals surface area contributed by atoms with E-state index < -0.39 is 0 Å². The third-order valence-electron chi connectivity index (χ3n) is 2.71. The second-order valence-corrected chi connectivity index (χ2v) is 6.24. The Kier molecular flexibility index (Phi) is 5.97. The summed E-state index contributed by atoms with van der Waals surface area (Å²) in [5, 5.41) is 0.807. The van der Waals surface area contributed by atoms with Gasteiger partial charge in [-0.1, -0.05) is 39.3 Å². The van der Waals surface area contributed by atoms with E-state index in [1.807, 2.05) is 18.2 Å². The van der Waals surface area contributed by atoms with Crippen molar-refractivity contribution in [3.05, 3.63) is 28.8 Å². The van der Waals surface area contributed by atoms with Crippen molar-refractivity contribution < 1.29 is 0 Å². The minimum absolute atomic E-state index is 0.656. The number of rotatable bonds is 6. The summed E-state index contributed by atoms with van der Waals surface area (Å²) < 4.78 is 0. The van der Waals surface area contributed by atoms with Crippen molar-refractivity contribution in [3.8, 4) is 0 Å². The van der Waals surface area contributed by atoms with E-state index in [1.165, 1.54) is 0 Å². The fourth-order valence-electron chi connectivity index (χ4n) is 2.19. The van der Waals surface area contributed by atoms with Crippen LogP contribution in [0.2, 0.25) is 5.02 Å². The van der Waals surface area contributed by atoms with Crippen molar-refractivity contribution in [2.75, 3.05) is 18.8 Å². The molecular weight excluding hydrogens is 244 g/mol. The van der Waals surface area contributed by atoms with Crippen LogP contribution in [0.25, 0.3) is 0 Å². The summed E-state index contributed by atoms with van der Waals surface area (Å²) in [7, 11) is 0. The summed E-state index contributed by atoms with van der Waals surface area (Å²) in [4.78, 5) is 2.45. The van der Waals surface area contributed by atoms with Crippen LogP contribution in [0.5, 0.6) is 0 Å². The summed E-state index contributed by atoms with van der Waals surface area (Å²) in [5.41, 5.74) is 7.73. The lowest BCUT2D eigenvalue weighted by atomic mass is 10.1. The Balaban J connectivity index is 2.77. The molecule has 0 heterocycles. The van der Waals surface area contributed by atoms with Crippen LogP contribution >= 0.6 is 11.6 Å². The van der Waals surface area contributed by atoms with Crippen molar-refractivity contribution in [1.29, 1.82) is 0 Å². The molecule has 1 rings (SSSR count). The van der Waals surface area contributed by atoms with Gasteiger partial charge in [0.05, 0.1) is 0 Å². The average molecular weight is 269 g/mol. The van der Waals surface area contributed by atoms with Crippen LogP contribution in [-0.4, -0.2) is 18.0 Å². The third-order valence-corrected chi connectivity index (χ3v) is 3.08. The number of halogens is 1. The molecular formula is C15H25ClN2. The van der Waals surface area contributed by atoms with Gasteiger partial charge in [0.2, 0.25) is 0 Å². The molecule has 2 N–H and O–H groups in total. The minimum Gasteiger partial charge on any atom is -0.399 e. The molecule has 0 radical (unpaired) electrons. The zero-order chi connectivity index (χ0) is 13.7. The van der Waals surface area contributed by atoms with E-state index in [4.69, 9.17) is 17.3 Å². The molecule has 0 unspecified atom stereocenters. The van der Waals surface area contributed by atoms with E-state index >= 15 is 0 Å². The number of nitrogens with two attached hydrogens (primary N) is 1. The number of anilines is 1. The van der Waals surface area contributed by atoms with Gasteiger partial charge < -0.3 is 5.73 Å². The molecule has 0 atom stereocenters. The summed E-state index contributed by atoms with van der Waals surface area (Å²) >= 11 is 6.23. The van der Waals surface area contributed by atoms with E-state index in [0.29, 0.717) is 11.8 Å². The van der Waals surface area contributed by atoms with Crippen LogP contribution in [-0.2, 0) is 6.54 Å². The van der Waals surface area contributed by atoms with Crippen molar-refractivity contribution in [2.24, 2.45) is 11.8 Å². The van der Waals surface area contributed by atoms with Crippen molar-refractivity contribution in [1.82, 2.24) is 4.90 Å². The van der Waals surface area contributed by atoms with E-state index in [2.05, 4.69) is 32.6 Å². The average Bonchev–Trinajstić information content (AvgIpc) is 2.21. The standard InChI is InChI=1S/C15H25ClN2/c1-11(2)8-18(9-12(3)4)10-13-7-14(17)5-6-15(13)16/h5-7,11-12H,8-10,17H2,1-4H3. The van der Waals surface area contributed by atoms with E-state index in [-0.39, 0.29) is 0 Å². The lowest BCUT2D eigenvalue weighted by Gasteiger charge is -2.26. The summed E-state index contributed by atoms with van der Waals surface area (Å²) in [6.45, 7) is 12.0. The van der Waals surface area contributed by atoms with Crippen LogP contribution in [0.15, 0.2) is 18.2 Å². The zero-order valence-electron chi connectivity index (χ0n) is 11.9. The number of nitrogens with zero attached hydrogens (tertiary/aromatic N) is 1. The topological polar surface area (TPSA) is 29.3 Å². The third kappa shape index (κ3) is 5.28. The van der Waals surface area contributed by atoms with Crippen molar-refractivity contribution in [3.63, 3.8) is 0 Å². The highest BCUT2D eigenvalue weighted by atomic mass is 35.5. The lowest BCUT2D eigenvalue weighted by Crippen LogP contribution is -2.31. The van der Waals surface area contributed by atoms with Gasteiger partial charge in [-0.15, -0.1) is 0 Å². The van der Waals surface area contributed by atoms with Gasteiger partial charge in [0.15, 0.2) is 0 Å². The zero-order valence-corrected chi connectivity index (χ0v) is 12.7. The van der Waals surface area contributed by atoms with Gasteiger partial charge in [-0.2, -0.15) is 0 Å². The first-order chi connectivity index (χ1) is 8.38. The Morgan fingerprint density at radius 1 is 1.11 bits per heavy atom. The predicted molar refractivity (Wildman–Crippen MR) is 80.8 cm³/mol. The molecule has 0 saturated carbocycles. The molecule has 0 fully saturated rings. The Labute approximate surface area is 116 Å². The molecule has 0 saturated heterocycles. The first kappa shape index (κ1) is 15.3. The number of hydrogen-bond donors (Lipinski definition) is 1. The predicted octanol–water partition coefficient (Wildman–Crippen LogP) is 4.04. The van der Waals surface area contributed by atoms with Crippen LogP contribution in [0.1, 0.15) is 33.3 Å². The molecule has 0 aliphatic heterocycles. The summed E-state index contributed by atoms with van der Waals surface area (Å²) in [6.07, 6.45) is 0. The second-order valence-electron chi connectivity index (χ2n) is 5.83. The molecule has 0 bridgehead atoms. The highest BCUT2D eigenvalue weighted by Gasteiger charge is 2.12. The van der Waals surface area contributed by atoms with Gasteiger partial charge >= 0.3 is 0 Å². The van der Waals surface area contributed by atoms with Gasteiger partial charge in [0.1, 0.15) is 0 Å². The monoisotopic (exact) mass is 268 g/mol. The van der Waals surface area contributed by atoms with Gasteiger partial charge in [0.25, 0.3) is 0 Å². The fraction of sp³-hybridized carbons (Fsp3) is 0.600.